The predicted molar refractivity (Wildman–Crippen MR) is 90.9 cm³/mol. The van der Waals surface area contributed by atoms with Crippen molar-refractivity contribution in [2.45, 2.75) is 31.9 Å². The van der Waals surface area contributed by atoms with Crippen molar-refractivity contribution in [2.24, 2.45) is 10.7 Å². The highest BCUT2D eigenvalue weighted by Crippen LogP contribution is 2.17. The second kappa shape index (κ2) is 8.84. The smallest absolute Gasteiger partial charge is 0.188 e. The molecule has 1 heterocycles. The summed E-state index contributed by atoms with van der Waals surface area (Å²) in [6.07, 6.45) is 2.22. The van der Waals surface area contributed by atoms with Gasteiger partial charge in [-0.25, -0.2) is 4.39 Å². The number of ether oxygens (including phenoxy) is 1. The van der Waals surface area contributed by atoms with Crippen molar-refractivity contribution in [3.8, 4) is 0 Å². The zero-order valence-electron chi connectivity index (χ0n) is 14.0. The van der Waals surface area contributed by atoms with Gasteiger partial charge >= 0.3 is 0 Å². The Morgan fingerprint density at radius 1 is 1.48 bits per heavy atom. The Hall–Kier alpha value is -1.66. The zero-order valence-corrected chi connectivity index (χ0v) is 14.0. The van der Waals surface area contributed by atoms with Gasteiger partial charge in [-0.1, -0.05) is 19.1 Å². The summed E-state index contributed by atoms with van der Waals surface area (Å²) in [6, 6.07) is 6.79. The SMILES string of the molecule is CCN1CCCC1CNC(N)=NCC(OC)c1ccc(F)cc1. The van der Waals surface area contributed by atoms with Crippen molar-refractivity contribution < 1.29 is 9.13 Å². The number of nitrogens with one attached hydrogen (secondary N) is 1. The van der Waals surface area contributed by atoms with E-state index in [4.69, 9.17) is 10.5 Å². The Morgan fingerprint density at radius 2 is 2.22 bits per heavy atom. The molecule has 23 heavy (non-hydrogen) atoms. The van der Waals surface area contributed by atoms with E-state index in [0.717, 1.165) is 25.2 Å². The number of hydrogen-bond donors (Lipinski definition) is 2. The number of guanidine groups is 1. The minimum atomic E-state index is -0.259. The highest BCUT2D eigenvalue weighted by Gasteiger charge is 2.22. The summed E-state index contributed by atoms with van der Waals surface area (Å²) in [4.78, 5) is 6.81. The van der Waals surface area contributed by atoms with Crippen molar-refractivity contribution in [1.82, 2.24) is 10.2 Å². The lowest BCUT2D eigenvalue weighted by Crippen LogP contribution is -2.42. The fourth-order valence-corrected chi connectivity index (χ4v) is 3.00. The minimum absolute atomic E-state index is 0.227. The number of nitrogens with two attached hydrogens (primary N) is 1. The fraction of sp³-hybridized carbons (Fsp3) is 0.588. The molecule has 0 aromatic heterocycles. The van der Waals surface area contributed by atoms with Crippen LogP contribution >= 0.6 is 0 Å². The van der Waals surface area contributed by atoms with E-state index in [-0.39, 0.29) is 11.9 Å². The lowest BCUT2D eigenvalue weighted by molar-refractivity contribution is 0.111. The average Bonchev–Trinajstić information content (AvgIpc) is 3.02. The number of methoxy groups -OCH3 is 1. The van der Waals surface area contributed by atoms with Crippen molar-refractivity contribution >= 4 is 5.96 Å². The van der Waals surface area contributed by atoms with E-state index in [1.54, 1.807) is 19.2 Å². The lowest BCUT2D eigenvalue weighted by atomic mass is 10.1. The minimum Gasteiger partial charge on any atom is -0.375 e. The summed E-state index contributed by atoms with van der Waals surface area (Å²) in [5.74, 6) is 0.169. The van der Waals surface area contributed by atoms with Crippen LogP contribution in [0.5, 0.6) is 0 Å². The maximum atomic E-state index is 13.0. The molecule has 1 aliphatic rings. The molecule has 0 aliphatic carbocycles. The van der Waals surface area contributed by atoms with Crippen LogP contribution in [0.3, 0.4) is 0 Å². The van der Waals surface area contributed by atoms with E-state index in [1.807, 2.05) is 0 Å². The van der Waals surface area contributed by atoms with Gasteiger partial charge < -0.3 is 15.8 Å². The van der Waals surface area contributed by atoms with Crippen LogP contribution in [0, 0.1) is 5.82 Å². The fourth-order valence-electron chi connectivity index (χ4n) is 3.00. The third-order valence-electron chi connectivity index (χ3n) is 4.38. The number of aliphatic imine (C=N–C) groups is 1. The number of rotatable bonds is 7. The van der Waals surface area contributed by atoms with Gasteiger partial charge in [0.2, 0.25) is 0 Å². The average molecular weight is 322 g/mol. The third kappa shape index (κ3) is 5.18. The van der Waals surface area contributed by atoms with Crippen molar-refractivity contribution in [1.29, 1.82) is 0 Å². The van der Waals surface area contributed by atoms with E-state index in [0.29, 0.717) is 18.5 Å². The van der Waals surface area contributed by atoms with Gasteiger partial charge in [0.25, 0.3) is 0 Å². The van der Waals surface area contributed by atoms with Gasteiger partial charge in [-0.3, -0.25) is 9.89 Å². The number of likely N-dealkylation sites (N-methyl/N-ethyl adjacent to an activating group) is 1. The Labute approximate surface area is 137 Å². The van der Waals surface area contributed by atoms with Gasteiger partial charge in [-0.15, -0.1) is 0 Å². The lowest BCUT2D eigenvalue weighted by Gasteiger charge is -2.23. The first-order valence-corrected chi connectivity index (χ1v) is 8.20. The largest absolute Gasteiger partial charge is 0.375 e. The molecule has 2 unspecified atom stereocenters. The summed E-state index contributed by atoms with van der Waals surface area (Å²) in [5, 5.41) is 3.20. The number of likely N-dealkylation sites (tertiary alicyclic amines) is 1. The summed E-state index contributed by atoms with van der Waals surface area (Å²) >= 11 is 0. The van der Waals surface area contributed by atoms with Gasteiger partial charge in [0.1, 0.15) is 11.9 Å². The molecule has 1 aromatic carbocycles. The quantitative estimate of drug-likeness (QED) is 0.594. The van der Waals surface area contributed by atoms with Gasteiger partial charge in [0.05, 0.1) is 6.54 Å². The van der Waals surface area contributed by atoms with Crippen molar-refractivity contribution in [3.05, 3.63) is 35.6 Å². The predicted octanol–water partition coefficient (Wildman–Crippen LogP) is 1.90. The van der Waals surface area contributed by atoms with Crippen LogP contribution in [0.1, 0.15) is 31.4 Å². The summed E-state index contributed by atoms with van der Waals surface area (Å²) in [5.41, 5.74) is 6.84. The molecule has 1 fully saturated rings. The molecule has 1 aliphatic heterocycles. The van der Waals surface area contributed by atoms with Crippen LogP contribution in [0.2, 0.25) is 0 Å². The van der Waals surface area contributed by atoms with Crippen LogP contribution in [-0.4, -0.2) is 50.2 Å². The second-order valence-electron chi connectivity index (χ2n) is 5.81. The number of benzene rings is 1. The summed E-state index contributed by atoms with van der Waals surface area (Å²) in [7, 11) is 1.62. The van der Waals surface area contributed by atoms with E-state index in [9.17, 15) is 4.39 Å². The van der Waals surface area contributed by atoms with Crippen molar-refractivity contribution in [3.63, 3.8) is 0 Å². The van der Waals surface area contributed by atoms with E-state index < -0.39 is 0 Å². The Morgan fingerprint density at radius 3 is 2.87 bits per heavy atom. The zero-order chi connectivity index (χ0) is 16.7. The molecule has 2 rings (SSSR count). The Kier molecular flexibility index (Phi) is 6.80. The molecule has 0 amide bonds. The molecule has 0 radical (unpaired) electrons. The topological polar surface area (TPSA) is 62.9 Å². The Balaban J connectivity index is 1.83. The number of hydrogen-bond acceptors (Lipinski definition) is 3. The molecule has 0 spiro atoms. The normalized spacial score (nSPS) is 20.7. The van der Waals surface area contributed by atoms with Crippen LogP contribution in [0.25, 0.3) is 0 Å². The first-order chi connectivity index (χ1) is 11.1. The molecule has 1 aromatic rings. The maximum Gasteiger partial charge on any atom is 0.188 e. The van der Waals surface area contributed by atoms with Crippen LogP contribution in [-0.2, 0) is 4.74 Å². The summed E-state index contributed by atoms with van der Waals surface area (Å²) in [6.45, 7) is 5.64. The van der Waals surface area contributed by atoms with Crippen molar-refractivity contribution in [2.75, 3.05) is 33.3 Å². The molecule has 3 N–H and O–H groups in total. The first-order valence-electron chi connectivity index (χ1n) is 8.20. The van der Waals surface area contributed by atoms with Crippen LogP contribution < -0.4 is 11.1 Å². The van der Waals surface area contributed by atoms with Gasteiger partial charge in [0, 0.05) is 19.7 Å². The third-order valence-corrected chi connectivity index (χ3v) is 4.38. The standard InChI is InChI=1S/C17H27FN4O/c1-3-22-10-4-5-15(22)11-20-17(19)21-12-16(23-2)13-6-8-14(18)9-7-13/h6-9,15-16H,3-5,10-12H2,1-2H3,(H3,19,20,21). The molecular formula is C17H27FN4O. The summed E-state index contributed by atoms with van der Waals surface area (Å²) < 4.78 is 18.4. The van der Waals surface area contributed by atoms with Crippen LogP contribution in [0.4, 0.5) is 4.39 Å². The molecule has 128 valence electrons. The van der Waals surface area contributed by atoms with Gasteiger partial charge in [-0.05, 0) is 43.6 Å². The molecule has 0 bridgehead atoms. The molecule has 1 saturated heterocycles. The number of nitrogens with zero attached hydrogens (tertiary/aromatic N) is 2. The first kappa shape index (κ1) is 17.7. The maximum absolute atomic E-state index is 13.0. The molecule has 6 heteroatoms. The highest BCUT2D eigenvalue weighted by atomic mass is 19.1. The van der Waals surface area contributed by atoms with Gasteiger partial charge in [0.15, 0.2) is 5.96 Å². The molecular weight excluding hydrogens is 295 g/mol. The molecule has 2 atom stereocenters. The van der Waals surface area contributed by atoms with Crippen LogP contribution in [0.15, 0.2) is 29.3 Å². The molecule has 0 saturated carbocycles. The monoisotopic (exact) mass is 322 g/mol. The second-order valence-corrected chi connectivity index (χ2v) is 5.81. The highest BCUT2D eigenvalue weighted by molar-refractivity contribution is 5.77. The number of halogens is 1. The Bertz CT molecular complexity index is 506. The van der Waals surface area contributed by atoms with Gasteiger partial charge in [-0.2, -0.15) is 0 Å². The van der Waals surface area contributed by atoms with E-state index >= 15 is 0 Å². The van der Waals surface area contributed by atoms with E-state index in [2.05, 4.69) is 22.1 Å². The molecule has 5 nitrogen and oxygen atoms in total. The van der Waals surface area contributed by atoms with E-state index in [1.165, 1.54) is 25.0 Å².